The smallest absolute Gasteiger partial charge is 0.0124 e. The van der Waals surface area contributed by atoms with E-state index >= 15 is 0 Å². The highest BCUT2D eigenvalue weighted by Gasteiger charge is 2.40. The zero-order chi connectivity index (χ0) is 9.42. The minimum Gasteiger partial charge on any atom is -0.303 e. The Balaban J connectivity index is 2.07. The third-order valence-corrected chi connectivity index (χ3v) is 4.32. The first-order valence-corrected chi connectivity index (χ1v) is 5.90. The molecule has 1 heterocycles. The van der Waals surface area contributed by atoms with E-state index in [0.29, 0.717) is 0 Å². The summed E-state index contributed by atoms with van der Waals surface area (Å²) in [5, 5.41) is 0. The van der Waals surface area contributed by atoms with Crippen LogP contribution in [0.2, 0.25) is 0 Å². The molecule has 0 amide bonds. The lowest BCUT2D eigenvalue weighted by molar-refractivity contribution is 0.125. The number of hydrogen-bond acceptors (Lipinski definition) is 1. The van der Waals surface area contributed by atoms with Crippen molar-refractivity contribution in [1.82, 2.24) is 4.90 Å². The van der Waals surface area contributed by atoms with E-state index in [4.69, 9.17) is 0 Å². The van der Waals surface area contributed by atoms with Gasteiger partial charge in [0.25, 0.3) is 0 Å². The highest BCUT2D eigenvalue weighted by atomic mass is 15.2. The second kappa shape index (κ2) is 3.61. The van der Waals surface area contributed by atoms with Gasteiger partial charge >= 0.3 is 0 Å². The second-order valence-corrected chi connectivity index (χ2v) is 5.34. The maximum Gasteiger partial charge on any atom is 0.0124 e. The van der Waals surface area contributed by atoms with Crippen molar-refractivity contribution >= 4 is 0 Å². The molecule has 1 aliphatic carbocycles. The van der Waals surface area contributed by atoms with Gasteiger partial charge in [-0.25, -0.2) is 0 Å². The third-order valence-electron chi connectivity index (χ3n) is 4.32. The van der Waals surface area contributed by atoms with Gasteiger partial charge in [-0.2, -0.15) is 0 Å². The van der Waals surface area contributed by atoms with Crippen molar-refractivity contribution in [1.29, 1.82) is 0 Å². The molecule has 0 aromatic heterocycles. The average Bonchev–Trinajstić information content (AvgIpc) is 2.48. The first-order valence-electron chi connectivity index (χ1n) is 5.90. The number of hydrogen-bond donors (Lipinski definition) is 0. The molecular weight excluding hydrogens is 158 g/mol. The van der Waals surface area contributed by atoms with Crippen LogP contribution < -0.4 is 0 Å². The SMILES string of the molecule is CC(C)C1CCCC2C1CCN2C. The Morgan fingerprint density at radius 1 is 1.15 bits per heavy atom. The van der Waals surface area contributed by atoms with E-state index in [-0.39, 0.29) is 0 Å². The topological polar surface area (TPSA) is 3.24 Å². The van der Waals surface area contributed by atoms with Crippen LogP contribution in [0.5, 0.6) is 0 Å². The van der Waals surface area contributed by atoms with Crippen molar-refractivity contribution in [2.45, 2.75) is 45.6 Å². The largest absolute Gasteiger partial charge is 0.303 e. The summed E-state index contributed by atoms with van der Waals surface area (Å²) in [6, 6.07) is 0.932. The van der Waals surface area contributed by atoms with Crippen LogP contribution in [0, 0.1) is 17.8 Å². The molecule has 0 aromatic carbocycles. The van der Waals surface area contributed by atoms with Crippen LogP contribution in [-0.2, 0) is 0 Å². The quantitative estimate of drug-likeness (QED) is 0.601. The van der Waals surface area contributed by atoms with E-state index in [1.165, 1.54) is 32.2 Å². The summed E-state index contributed by atoms with van der Waals surface area (Å²) in [6.07, 6.45) is 5.88. The van der Waals surface area contributed by atoms with Gasteiger partial charge in [-0.3, -0.25) is 0 Å². The molecule has 0 radical (unpaired) electrons. The third kappa shape index (κ3) is 1.63. The molecule has 3 atom stereocenters. The predicted molar refractivity (Wildman–Crippen MR) is 56.7 cm³/mol. The molecule has 3 unspecified atom stereocenters. The number of likely N-dealkylation sites (tertiary alicyclic amines) is 1. The Hall–Kier alpha value is -0.0400. The van der Waals surface area contributed by atoms with Crippen molar-refractivity contribution in [3.05, 3.63) is 0 Å². The zero-order valence-electron chi connectivity index (χ0n) is 9.29. The fraction of sp³-hybridized carbons (Fsp3) is 1.00. The van der Waals surface area contributed by atoms with Crippen LogP contribution in [0.25, 0.3) is 0 Å². The van der Waals surface area contributed by atoms with Crippen LogP contribution >= 0.6 is 0 Å². The molecule has 1 aliphatic heterocycles. The van der Waals surface area contributed by atoms with Crippen LogP contribution in [0.1, 0.15) is 39.5 Å². The van der Waals surface area contributed by atoms with Gasteiger partial charge in [-0.05, 0) is 50.6 Å². The maximum atomic E-state index is 2.60. The molecule has 0 aromatic rings. The summed E-state index contributed by atoms with van der Waals surface area (Å²) < 4.78 is 0. The van der Waals surface area contributed by atoms with E-state index in [9.17, 15) is 0 Å². The molecule has 0 N–H and O–H groups in total. The molecule has 0 bridgehead atoms. The molecule has 0 spiro atoms. The average molecular weight is 181 g/mol. The fourth-order valence-electron chi connectivity index (χ4n) is 3.58. The maximum absolute atomic E-state index is 2.60. The Morgan fingerprint density at radius 2 is 1.92 bits per heavy atom. The highest BCUT2D eigenvalue weighted by Crippen LogP contribution is 2.42. The van der Waals surface area contributed by atoms with Crippen molar-refractivity contribution in [3.8, 4) is 0 Å². The van der Waals surface area contributed by atoms with Gasteiger partial charge in [-0.15, -0.1) is 0 Å². The molecule has 13 heavy (non-hydrogen) atoms. The molecule has 1 heteroatoms. The van der Waals surface area contributed by atoms with E-state index in [2.05, 4.69) is 25.8 Å². The van der Waals surface area contributed by atoms with Crippen LogP contribution in [-0.4, -0.2) is 24.5 Å². The summed E-state index contributed by atoms with van der Waals surface area (Å²) in [5.41, 5.74) is 0. The summed E-state index contributed by atoms with van der Waals surface area (Å²) in [5.74, 6) is 2.95. The summed E-state index contributed by atoms with van der Waals surface area (Å²) >= 11 is 0. The normalized spacial score (nSPS) is 41.1. The van der Waals surface area contributed by atoms with Gasteiger partial charge in [0.15, 0.2) is 0 Å². The van der Waals surface area contributed by atoms with Gasteiger partial charge in [0.05, 0.1) is 0 Å². The van der Waals surface area contributed by atoms with Gasteiger partial charge in [0.2, 0.25) is 0 Å². The zero-order valence-corrected chi connectivity index (χ0v) is 9.29. The van der Waals surface area contributed by atoms with E-state index in [1.807, 2.05) is 0 Å². The number of fused-ring (bicyclic) bond motifs is 1. The van der Waals surface area contributed by atoms with Crippen molar-refractivity contribution in [3.63, 3.8) is 0 Å². The van der Waals surface area contributed by atoms with E-state index < -0.39 is 0 Å². The molecule has 2 fully saturated rings. The molecular formula is C12H23N. The first kappa shape index (κ1) is 9.51. The molecule has 2 rings (SSSR count). The van der Waals surface area contributed by atoms with Gasteiger partial charge < -0.3 is 4.90 Å². The lowest BCUT2D eigenvalue weighted by atomic mass is 9.71. The lowest BCUT2D eigenvalue weighted by Gasteiger charge is -2.38. The van der Waals surface area contributed by atoms with Crippen LogP contribution in [0.15, 0.2) is 0 Å². The summed E-state index contributed by atoms with van der Waals surface area (Å²) in [4.78, 5) is 2.60. The Labute approximate surface area is 82.5 Å². The molecule has 2 aliphatic rings. The fourth-order valence-corrected chi connectivity index (χ4v) is 3.58. The standard InChI is InChI=1S/C12H23N/c1-9(2)10-5-4-6-12-11(10)7-8-13(12)3/h9-12H,4-8H2,1-3H3. The van der Waals surface area contributed by atoms with Crippen LogP contribution in [0.4, 0.5) is 0 Å². The predicted octanol–water partition coefficient (Wildman–Crippen LogP) is 2.76. The first-order chi connectivity index (χ1) is 6.20. The van der Waals surface area contributed by atoms with E-state index in [0.717, 1.165) is 23.8 Å². The molecule has 1 saturated heterocycles. The van der Waals surface area contributed by atoms with Gasteiger partial charge in [0.1, 0.15) is 0 Å². The lowest BCUT2D eigenvalue weighted by Crippen LogP contribution is -2.37. The minimum absolute atomic E-state index is 0.902. The van der Waals surface area contributed by atoms with Gasteiger partial charge in [-0.1, -0.05) is 20.3 Å². The number of rotatable bonds is 1. The Bertz CT molecular complexity index is 176. The second-order valence-electron chi connectivity index (χ2n) is 5.34. The summed E-state index contributed by atoms with van der Waals surface area (Å²) in [6.45, 7) is 6.16. The van der Waals surface area contributed by atoms with Crippen molar-refractivity contribution < 1.29 is 0 Å². The van der Waals surface area contributed by atoms with E-state index in [1.54, 1.807) is 0 Å². The highest BCUT2D eigenvalue weighted by molar-refractivity contribution is 4.93. The summed E-state index contributed by atoms with van der Waals surface area (Å²) in [7, 11) is 2.31. The molecule has 76 valence electrons. The molecule has 1 nitrogen and oxygen atoms in total. The Morgan fingerprint density at radius 3 is 2.62 bits per heavy atom. The van der Waals surface area contributed by atoms with Crippen molar-refractivity contribution in [2.24, 2.45) is 17.8 Å². The van der Waals surface area contributed by atoms with Gasteiger partial charge in [0, 0.05) is 6.04 Å². The minimum atomic E-state index is 0.902. The van der Waals surface area contributed by atoms with Crippen molar-refractivity contribution in [2.75, 3.05) is 13.6 Å². The van der Waals surface area contributed by atoms with Crippen LogP contribution in [0.3, 0.4) is 0 Å². The molecule has 1 saturated carbocycles. The monoisotopic (exact) mass is 181 g/mol. The number of nitrogens with zero attached hydrogens (tertiary/aromatic N) is 1. The Kier molecular flexibility index (Phi) is 2.64.